The van der Waals surface area contributed by atoms with Gasteiger partial charge in [-0.1, -0.05) is 24.3 Å². The first-order chi connectivity index (χ1) is 13.3. The van der Waals surface area contributed by atoms with Gasteiger partial charge in [0.15, 0.2) is 0 Å². The third-order valence-corrected chi connectivity index (χ3v) is 4.89. The summed E-state index contributed by atoms with van der Waals surface area (Å²) in [6, 6.07) is 18.3. The third kappa shape index (κ3) is 3.70. The SMILES string of the molecule is COc1ccc(CN2CCOC2c2ccn(-c3ccccc3OC)c2)cc1. The van der Waals surface area contributed by atoms with Gasteiger partial charge >= 0.3 is 0 Å². The van der Waals surface area contributed by atoms with E-state index in [1.165, 1.54) is 5.56 Å². The molecule has 4 rings (SSSR count). The summed E-state index contributed by atoms with van der Waals surface area (Å²) in [5.74, 6) is 1.73. The minimum atomic E-state index is -0.0388. The number of methoxy groups -OCH3 is 2. The molecule has 2 heterocycles. The van der Waals surface area contributed by atoms with Crippen LogP contribution in [-0.4, -0.2) is 36.8 Å². The Morgan fingerprint density at radius 2 is 1.81 bits per heavy atom. The van der Waals surface area contributed by atoms with E-state index in [-0.39, 0.29) is 6.23 Å². The van der Waals surface area contributed by atoms with Crippen molar-refractivity contribution in [1.82, 2.24) is 9.47 Å². The number of ether oxygens (including phenoxy) is 3. The average Bonchev–Trinajstić information content (AvgIpc) is 3.38. The molecule has 0 amide bonds. The highest BCUT2D eigenvalue weighted by molar-refractivity contribution is 5.47. The van der Waals surface area contributed by atoms with E-state index in [0.717, 1.165) is 42.4 Å². The number of aromatic nitrogens is 1. The Labute approximate surface area is 159 Å². The lowest BCUT2D eigenvalue weighted by Gasteiger charge is -2.22. The van der Waals surface area contributed by atoms with Crippen LogP contribution < -0.4 is 9.47 Å². The van der Waals surface area contributed by atoms with Gasteiger partial charge in [-0.05, 0) is 35.9 Å². The first-order valence-corrected chi connectivity index (χ1v) is 9.08. The summed E-state index contributed by atoms with van der Waals surface area (Å²) >= 11 is 0. The zero-order valence-corrected chi connectivity index (χ0v) is 15.7. The summed E-state index contributed by atoms with van der Waals surface area (Å²) in [5.41, 5.74) is 3.41. The van der Waals surface area contributed by atoms with Gasteiger partial charge in [0.2, 0.25) is 0 Å². The van der Waals surface area contributed by atoms with E-state index in [2.05, 4.69) is 40.1 Å². The molecule has 0 bridgehead atoms. The number of benzene rings is 2. The second kappa shape index (κ2) is 7.86. The number of nitrogens with zero attached hydrogens (tertiary/aromatic N) is 2. The molecule has 0 radical (unpaired) electrons. The quantitative estimate of drug-likeness (QED) is 0.662. The molecule has 0 aliphatic carbocycles. The zero-order valence-electron chi connectivity index (χ0n) is 15.7. The summed E-state index contributed by atoms with van der Waals surface area (Å²) in [6.45, 7) is 2.49. The lowest BCUT2D eigenvalue weighted by Crippen LogP contribution is -2.23. The predicted octanol–water partition coefficient (Wildman–Crippen LogP) is 4.03. The maximum atomic E-state index is 6.03. The Morgan fingerprint density at radius 3 is 2.59 bits per heavy atom. The maximum absolute atomic E-state index is 6.03. The minimum absolute atomic E-state index is 0.0388. The fourth-order valence-corrected chi connectivity index (χ4v) is 3.49. The molecule has 27 heavy (non-hydrogen) atoms. The molecule has 1 aliphatic rings. The minimum Gasteiger partial charge on any atom is -0.497 e. The second-order valence-electron chi connectivity index (χ2n) is 6.57. The topological polar surface area (TPSA) is 35.9 Å². The first-order valence-electron chi connectivity index (χ1n) is 9.08. The molecule has 5 heteroatoms. The van der Waals surface area contributed by atoms with Crippen LogP contribution in [0.4, 0.5) is 0 Å². The van der Waals surface area contributed by atoms with Crippen LogP contribution in [0, 0.1) is 0 Å². The van der Waals surface area contributed by atoms with Crippen LogP contribution in [0.15, 0.2) is 67.0 Å². The summed E-state index contributed by atoms with van der Waals surface area (Å²) in [5, 5.41) is 0. The molecule has 1 unspecified atom stereocenters. The van der Waals surface area contributed by atoms with E-state index in [9.17, 15) is 0 Å². The van der Waals surface area contributed by atoms with Crippen molar-refractivity contribution in [3.63, 3.8) is 0 Å². The van der Waals surface area contributed by atoms with Crippen LogP contribution in [-0.2, 0) is 11.3 Å². The third-order valence-electron chi connectivity index (χ3n) is 4.89. The smallest absolute Gasteiger partial charge is 0.142 e. The highest BCUT2D eigenvalue weighted by atomic mass is 16.5. The lowest BCUT2D eigenvalue weighted by molar-refractivity contribution is 0.0288. The highest BCUT2D eigenvalue weighted by Gasteiger charge is 2.27. The average molecular weight is 364 g/mol. The van der Waals surface area contributed by atoms with E-state index in [4.69, 9.17) is 14.2 Å². The summed E-state index contributed by atoms with van der Waals surface area (Å²) in [7, 11) is 3.38. The molecule has 140 valence electrons. The molecular formula is C22H24N2O3. The van der Waals surface area contributed by atoms with E-state index in [1.54, 1.807) is 14.2 Å². The van der Waals surface area contributed by atoms with E-state index in [1.807, 2.05) is 36.4 Å². The molecule has 0 saturated carbocycles. The number of hydrogen-bond donors (Lipinski definition) is 0. The normalized spacial score (nSPS) is 17.2. The van der Waals surface area contributed by atoms with Crippen LogP contribution in [0.25, 0.3) is 5.69 Å². The van der Waals surface area contributed by atoms with Gasteiger partial charge in [-0.3, -0.25) is 4.90 Å². The molecule has 3 aromatic rings. The lowest BCUT2D eigenvalue weighted by atomic mass is 10.2. The van der Waals surface area contributed by atoms with Crippen LogP contribution in [0.3, 0.4) is 0 Å². The Kier molecular flexibility index (Phi) is 5.14. The molecule has 1 atom stereocenters. The van der Waals surface area contributed by atoms with Crippen molar-refractivity contribution in [2.24, 2.45) is 0 Å². The molecular weight excluding hydrogens is 340 g/mol. The Bertz CT molecular complexity index is 889. The molecule has 2 aromatic carbocycles. The molecule has 5 nitrogen and oxygen atoms in total. The van der Waals surface area contributed by atoms with Gasteiger partial charge in [-0.15, -0.1) is 0 Å². The molecule has 1 saturated heterocycles. The molecule has 0 N–H and O–H groups in total. The molecule has 1 aromatic heterocycles. The van der Waals surface area contributed by atoms with Crippen molar-refractivity contribution < 1.29 is 14.2 Å². The van der Waals surface area contributed by atoms with Gasteiger partial charge in [-0.2, -0.15) is 0 Å². The Morgan fingerprint density at radius 1 is 1.00 bits per heavy atom. The predicted molar refractivity (Wildman–Crippen MR) is 104 cm³/mol. The second-order valence-corrected chi connectivity index (χ2v) is 6.57. The van der Waals surface area contributed by atoms with Crippen LogP contribution in [0.2, 0.25) is 0 Å². The van der Waals surface area contributed by atoms with E-state index < -0.39 is 0 Å². The van der Waals surface area contributed by atoms with E-state index in [0.29, 0.717) is 0 Å². The fourth-order valence-electron chi connectivity index (χ4n) is 3.49. The number of para-hydroxylation sites is 2. The standard InChI is InChI=1S/C22H24N2O3/c1-25-19-9-7-17(8-10-19)15-24-13-14-27-22(24)18-11-12-23(16-18)20-5-3-4-6-21(20)26-2/h3-12,16,22H,13-15H2,1-2H3. The zero-order chi connectivity index (χ0) is 18.6. The van der Waals surface area contributed by atoms with Gasteiger partial charge in [0.1, 0.15) is 17.7 Å². The fraction of sp³-hybridized carbons (Fsp3) is 0.273. The van der Waals surface area contributed by atoms with Gasteiger partial charge in [-0.25, -0.2) is 0 Å². The molecule has 1 aliphatic heterocycles. The Balaban J connectivity index is 1.53. The van der Waals surface area contributed by atoms with Crippen molar-refractivity contribution in [3.05, 3.63) is 78.1 Å². The molecule has 1 fully saturated rings. The highest BCUT2D eigenvalue weighted by Crippen LogP contribution is 2.31. The number of rotatable bonds is 6. The van der Waals surface area contributed by atoms with Crippen LogP contribution in [0.1, 0.15) is 17.4 Å². The van der Waals surface area contributed by atoms with Crippen molar-refractivity contribution in [3.8, 4) is 17.2 Å². The number of hydrogen-bond acceptors (Lipinski definition) is 4. The summed E-state index contributed by atoms with van der Waals surface area (Å²) in [6.07, 6.45) is 4.14. The van der Waals surface area contributed by atoms with Gasteiger partial charge in [0.05, 0.1) is 26.5 Å². The van der Waals surface area contributed by atoms with Gasteiger partial charge in [0.25, 0.3) is 0 Å². The van der Waals surface area contributed by atoms with Crippen molar-refractivity contribution in [2.75, 3.05) is 27.4 Å². The van der Waals surface area contributed by atoms with Gasteiger partial charge in [0, 0.05) is 31.0 Å². The van der Waals surface area contributed by atoms with Crippen molar-refractivity contribution in [1.29, 1.82) is 0 Å². The van der Waals surface area contributed by atoms with Crippen LogP contribution >= 0.6 is 0 Å². The largest absolute Gasteiger partial charge is 0.497 e. The van der Waals surface area contributed by atoms with Crippen molar-refractivity contribution >= 4 is 0 Å². The first kappa shape index (κ1) is 17.6. The van der Waals surface area contributed by atoms with Gasteiger partial charge < -0.3 is 18.8 Å². The van der Waals surface area contributed by atoms with Crippen LogP contribution in [0.5, 0.6) is 11.5 Å². The Hall–Kier alpha value is -2.76. The summed E-state index contributed by atoms with van der Waals surface area (Å²) < 4.78 is 18.8. The molecule has 0 spiro atoms. The van der Waals surface area contributed by atoms with Crippen molar-refractivity contribution in [2.45, 2.75) is 12.8 Å². The monoisotopic (exact) mass is 364 g/mol. The summed E-state index contributed by atoms with van der Waals surface area (Å²) in [4.78, 5) is 2.35. The van der Waals surface area contributed by atoms with E-state index >= 15 is 0 Å². The maximum Gasteiger partial charge on any atom is 0.142 e.